The summed E-state index contributed by atoms with van der Waals surface area (Å²) >= 11 is 0. The van der Waals surface area contributed by atoms with Crippen LogP contribution in [0.2, 0.25) is 0 Å². The summed E-state index contributed by atoms with van der Waals surface area (Å²) < 4.78 is 24.3. The Morgan fingerprint density at radius 2 is 1.91 bits per heavy atom. The number of Topliss-reactive ketones (excluding diaryl/α,β-unsaturated/α-hetero) is 1. The van der Waals surface area contributed by atoms with E-state index in [2.05, 4.69) is 0 Å². The molecule has 1 aliphatic rings. The Morgan fingerprint density at radius 3 is 2.55 bits per heavy atom. The van der Waals surface area contributed by atoms with E-state index >= 15 is 0 Å². The Bertz CT molecular complexity index is 1130. The number of rotatable bonds is 7. The van der Waals surface area contributed by atoms with E-state index in [0.29, 0.717) is 12.1 Å². The molecule has 1 N–H and O–H groups in total. The molecule has 2 aromatic carbocycles. The lowest BCUT2D eigenvalue weighted by Crippen LogP contribution is -2.35. The zero-order valence-electron chi connectivity index (χ0n) is 18.8. The number of ketones is 1. The quantitative estimate of drug-likeness (QED) is 0.225. The maximum atomic E-state index is 14.0. The van der Waals surface area contributed by atoms with Crippen molar-refractivity contribution in [3.05, 3.63) is 65.0 Å². The van der Waals surface area contributed by atoms with Crippen molar-refractivity contribution in [1.29, 1.82) is 0 Å². The van der Waals surface area contributed by atoms with Gasteiger partial charge in [0.2, 0.25) is 0 Å². The molecular formula is C24H25FN2O6. The monoisotopic (exact) mass is 456 g/mol. The molecule has 174 valence electrons. The second kappa shape index (κ2) is 9.83. The minimum Gasteiger partial charge on any atom is -0.507 e. The number of ether oxygens (including phenoxy) is 2. The molecule has 1 saturated heterocycles. The number of hydrogen-bond acceptors (Lipinski definition) is 7. The zero-order valence-corrected chi connectivity index (χ0v) is 18.8. The molecule has 1 fully saturated rings. The number of hydrogen-bond donors (Lipinski definition) is 1. The average Bonchev–Trinajstić information content (AvgIpc) is 3.01. The van der Waals surface area contributed by atoms with Crippen molar-refractivity contribution in [3.63, 3.8) is 0 Å². The Kier molecular flexibility index (Phi) is 7.13. The lowest BCUT2D eigenvalue weighted by Gasteiger charge is -2.27. The van der Waals surface area contributed by atoms with Crippen molar-refractivity contribution in [3.8, 4) is 11.5 Å². The van der Waals surface area contributed by atoms with Crippen LogP contribution in [0.3, 0.4) is 0 Å². The maximum absolute atomic E-state index is 14.0. The smallest absolute Gasteiger partial charge is 0.308 e. The Morgan fingerprint density at radius 1 is 1.18 bits per heavy atom. The molecule has 0 bridgehead atoms. The predicted molar refractivity (Wildman–Crippen MR) is 118 cm³/mol. The highest BCUT2D eigenvalue weighted by Gasteiger charge is 2.46. The van der Waals surface area contributed by atoms with Crippen LogP contribution in [0, 0.1) is 5.82 Å². The van der Waals surface area contributed by atoms with Crippen LogP contribution in [0.4, 0.5) is 4.39 Å². The molecule has 1 heterocycles. The van der Waals surface area contributed by atoms with E-state index in [1.165, 1.54) is 31.1 Å². The van der Waals surface area contributed by atoms with Crippen molar-refractivity contribution in [2.45, 2.75) is 13.0 Å². The lowest BCUT2D eigenvalue weighted by molar-refractivity contribution is -0.140. The lowest BCUT2D eigenvalue weighted by atomic mass is 9.94. The molecule has 0 radical (unpaired) electrons. The molecule has 2 aromatic rings. The number of methoxy groups -OCH3 is 1. The second-order valence-corrected chi connectivity index (χ2v) is 7.81. The first-order valence-corrected chi connectivity index (χ1v) is 10.2. The van der Waals surface area contributed by atoms with Gasteiger partial charge in [-0.3, -0.25) is 14.4 Å². The van der Waals surface area contributed by atoms with E-state index in [1.54, 1.807) is 18.2 Å². The Hall–Kier alpha value is -3.72. The van der Waals surface area contributed by atoms with Gasteiger partial charge in [0.15, 0.2) is 0 Å². The van der Waals surface area contributed by atoms with E-state index < -0.39 is 35.3 Å². The van der Waals surface area contributed by atoms with Gasteiger partial charge in [-0.2, -0.15) is 0 Å². The highest BCUT2D eigenvalue weighted by molar-refractivity contribution is 6.46. The molecule has 0 spiro atoms. The first-order valence-electron chi connectivity index (χ1n) is 10.2. The summed E-state index contributed by atoms with van der Waals surface area (Å²) in [5.41, 5.74) is 0.190. The largest absolute Gasteiger partial charge is 0.507 e. The molecule has 0 aliphatic carbocycles. The molecular weight excluding hydrogens is 431 g/mol. The van der Waals surface area contributed by atoms with Gasteiger partial charge in [0.1, 0.15) is 23.1 Å². The van der Waals surface area contributed by atoms with Gasteiger partial charge in [-0.25, -0.2) is 4.39 Å². The van der Waals surface area contributed by atoms with Gasteiger partial charge in [-0.1, -0.05) is 12.1 Å². The minimum absolute atomic E-state index is 0.0516. The number of carbonyl (C=O) groups excluding carboxylic acids is 3. The van der Waals surface area contributed by atoms with Crippen molar-refractivity contribution >= 4 is 23.4 Å². The SMILES string of the molecule is COc1ccc(F)cc1/C(O)=C1\C(=O)C(=O)N(CCN(C)C)C1c1cccc(OC(C)=O)c1. The number of carbonyl (C=O) groups is 3. The van der Waals surface area contributed by atoms with Gasteiger partial charge >= 0.3 is 5.97 Å². The summed E-state index contributed by atoms with van der Waals surface area (Å²) in [6.07, 6.45) is 0. The predicted octanol–water partition coefficient (Wildman–Crippen LogP) is 2.74. The van der Waals surface area contributed by atoms with Gasteiger partial charge < -0.3 is 24.4 Å². The number of aliphatic hydroxyl groups is 1. The molecule has 8 nitrogen and oxygen atoms in total. The van der Waals surface area contributed by atoms with Crippen LogP contribution in [0.1, 0.15) is 24.1 Å². The van der Waals surface area contributed by atoms with Crippen molar-refractivity contribution in [2.24, 2.45) is 0 Å². The van der Waals surface area contributed by atoms with Crippen LogP contribution < -0.4 is 9.47 Å². The molecule has 0 saturated carbocycles. The summed E-state index contributed by atoms with van der Waals surface area (Å²) in [4.78, 5) is 40.6. The normalized spacial score (nSPS) is 17.5. The number of benzene rings is 2. The van der Waals surface area contributed by atoms with Gasteiger partial charge in [0.25, 0.3) is 11.7 Å². The van der Waals surface area contributed by atoms with Gasteiger partial charge in [-0.05, 0) is 50.0 Å². The zero-order chi connectivity index (χ0) is 24.3. The van der Waals surface area contributed by atoms with Crippen LogP contribution in [0.15, 0.2) is 48.0 Å². The summed E-state index contributed by atoms with van der Waals surface area (Å²) in [6, 6.07) is 8.89. The van der Waals surface area contributed by atoms with Crippen LogP contribution in [0.5, 0.6) is 11.5 Å². The molecule has 9 heteroatoms. The van der Waals surface area contributed by atoms with Crippen molar-refractivity contribution < 1.29 is 33.4 Å². The maximum Gasteiger partial charge on any atom is 0.308 e. The molecule has 33 heavy (non-hydrogen) atoms. The third-order valence-electron chi connectivity index (χ3n) is 5.18. The highest BCUT2D eigenvalue weighted by Crippen LogP contribution is 2.41. The third kappa shape index (κ3) is 5.04. The molecule has 3 rings (SSSR count). The molecule has 0 aromatic heterocycles. The molecule has 1 aliphatic heterocycles. The van der Waals surface area contributed by atoms with Crippen LogP contribution in [-0.2, 0) is 14.4 Å². The fraction of sp³-hybridized carbons (Fsp3) is 0.292. The molecule has 1 amide bonds. The summed E-state index contributed by atoms with van der Waals surface area (Å²) in [5.74, 6) is -3.06. The van der Waals surface area contributed by atoms with E-state index in [-0.39, 0.29) is 29.2 Å². The Balaban J connectivity index is 2.21. The van der Waals surface area contributed by atoms with Crippen LogP contribution in [0.25, 0.3) is 5.76 Å². The van der Waals surface area contributed by atoms with Crippen molar-refractivity contribution in [1.82, 2.24) is 9.80 Å². The van der Waals surface area contributed by atoms with Crippen LogP contribution in [-0.4, -0.2) is 66.9 Å². The molecule has 1 atom stereocenters. The number of likely N-dealkylation sites (tertiary alicyclic amines) is 1. The average molecular weight is 456 g/mol. The number of likely N-dealkylation sites (N-methyl/N-ethyl adjacent to an activating group) is 1. The second-order valence-electron chi connectivity index (χ2n) is 7.81. The number of aliphatic hydroxyl groups excluding tert-OH is 1. The number of esters is 1. The molecule has 1 unspecified atom stereocenters. The van der Waals surface area contributed by atoms with Gasteiger partial charge in [0.05, 0.1) is 24.3 Å². The fourth-order valence-corrected chi connectivity index (χ4v) is 3.69. The number of amides is 1. The van der Waals surface area contributed by atoms with E-state index in [0.717, 1.165) is 12.1 Å². The number of halogens is 1. The Labute approximate surface area is 190 Å². The minimum atomic E-state index is -0.978. The van der Waals surface area contributed by atoms with Gasteiger partial charge in [0, 0.05) is 20.0 Å². The topological polar surface area (TPSA) is 96.4 Å². The summed E-state index contributed by atoms with van der Waals surface area (Å²) in [5, 5.41) is 11.1. The first kappa shape index (κ1) is 23.9. The van der Waals surface area contributed by atoms with E-state index in [1.807, 2.05) is 19.0 Å². The number of nitrogens with zero attached hydrogens (tertiary/aromatic N) is 2. The van der Waals surface area contributed by atoms with E-state index in [9.17, 15) is 23.9 Å². The first-order chi connectivity index (χ1) is 15.6. The van der Waals surface area contributed by atoms with E-state index in [4.69, 9.17) is 9.47 Å². The third-order valence-corrected chi connectivity index (χ3v) is 5.18. The van der Waals surface area contributed by atoms with Crippen LogP contribution >= 0.6 is 0 Å². The van der Waals surface area contributed by atoms with Gasteiger partial charge in [-0.15, -0.1) is 0 Å². The van der Waals surface area contributed by atoms with Crippen molar-refractivity contribution in [2.75, 3.05) is 34.3 Å². The summed E-state index contributed by atoms with van der Waals surface area (Å²) in [7, 11) is 4.99. The fourth-order valence-electron chi connectivity index (χ4n) is 3.69. The standard InChI is InChI=1S/C24H25FN2O6/c1-14(28)33-17-7-5-6-15(12-17)21-20(23(30)24(31)27(21)11-10-26(2)3)22(29)18-13-16(25)8-9-19(18)32-4/h5-9,12-13,21,29H,10-11H2,1-4H3/b22-20+. The highest BCUT2D eigenvalue weighted by atomic mass is 19.1. The summed E-state index contributed by atoms with van der Waals surface area (Å²) in [6.45, 7) is 1.90.